The lowest BCUT2D eigenvalue weighted by Gasteiger charge is -2.55. The van der Waals surface area contributed by atoms with Gasteiger partial charge in [-0.1, -0.05) is 34.7 Å². The van der Waals surface area contributed by atoms with E-state index in [9.17, 15) is 26.4 Å². The van der Waals surface area contributed by atoms with Gasteiger partial charge in [-0.05, 0) is 69.2 Å². The van der Waals surface area contributed by atoms with Crippen LogP contribution in [0.25, 0.3) is 21.5 Å². The molecule has 2 atom stereocenters. The minimum absolute atomic E-state index is 0.0381. The van der Waals surface area contributed by atoms with Crippen LogP contribution < -0.4 is 14.9 Å². The molecule has 2 saturated heterocycles. The van der Waals surface area contributed by atoms with Crippen molar-refractivity contribution in [2.24, 2.45) is 0 Å². The van der Waals surface area contributed by atoms with Gasteiger partial charge in [0.25, 0.3) is 5.91 Å². The first-order valence-electron chi connectivity index (χ1n) is 15.2. The number of sulfonamides is 1. The standard InChI is InChI=1S/C31H30F3N5O4S2/c32-31(33,34)24-4-2-1-3-22(24)27-23(28(43-37-27)16-5-6-16)15-35-18-12-19-14-20(13-18)39(19)30-36-25-10-7-17(11-26(25)44-30)29(40)38-45(41,42)21-8-9-21/h1-4,7,10-11,16,18-21,35H,5-6,8-9,12-15H2,(H,38,40). The Morgan fingerprint density at radius 3 is 2.51 bits per heavy atom. The first kappa shape index (κ1) is 28.9. The molecule has 2 N–H and O–H groups in total. The quantitative estimate of drug-likeness (QED) is 0.226. The summed E-state index contributed by atoms with van der Waals surface area (Å²) in [5.74, 6) is 0.255. The number of carbonyl (C=O) groups is 1. The molecular weight excluding hydrogens is 628 g/mol. The minimum Gasteiger partial charge on any atom is -0.360 e. The van der Waals surface area contributed by atoms with Crippen LogP contribution in [0.2, 0.25) is 0 Å². The average molecular weight is 658 g/mol. The van der Waals surface area contributed by atoms with Crippen LogP contribution in [0.1, 0.15) is 78.1 Å². The fourth-order valence-electron chi connectivity index (χ4n) is 6.72. The van der Waals surface area contributed by atoms with Crippen LogP contribution in [0, 0.1) is 0 Å². The first-order valence-corrected chi connectivity index (χ1v) is 17.5. The minimum atomic E-state index is -4.50. The number of piperidine rings is 1. The van der Waals surface area contributed by atoms with E-state index in [1.54, 1.807) is 24.3 Å². The van der Waals surface area contributed by atoms with Crippen molar-refractivity contribution >= 4 is 42.6 Å². The van der Waals surface area contributed by atoms with Gasteiger partial charge in [-0.3, -0.25) is 4.79 Å². The number of carbonyl (C=O) groups excluding carboxylic acids is 1. The molecule has 2 aliphatic heterocycles. The van der Waals surface area contributed by atoms with Gasteiger partial charge in [-0.2, -0.15) is 13.2 Å². The summed E-state index contributed by atoms with van der Waals surface area (Å²) in [4.78, 5) is 19.8. The highest BCUT2D eigenvalue weighted by atomic mass is 32.2. The summed E-state index contributed by atoms with van der Waals surface area (Å²) >= 11 is 1.49. The van der Waals surface area contributed by atoms with Gasteiger partial charge in [0, 0.05) is 47.3 Å². The second-order valence-corrected chi connectivity index (χ2v) is 15.5. The van der Waals surface area contributed by atoms with Crippen molar-refractivity contribution < 1.29 is 30.9 Å². The molecule has 2 bridgehead atoms. The van der Waals surface area contributed by atoms with E-state index in [0.29, 0.717) is 30.7 Å². The summed E-state index contributed by atoms with van der Waals surface area (Å²) in [5.41, 5.74) is 1.32. The third kappa shape index (κ3) is 5.40. The zero-order valence-electron chi connectivity index (χ0n) is 24.0. The number of hydrogen-bond donors (Lipinski definition) is 2. The number of amides is 1. The topological polar surface area (TPSA) is 117 Å². The molecule has 14 heteroatoms. The van der Waals surface area contributed by atoms with Crippen molar-refractivity contribution in [2.45, 2.75) is 87.0 Å². The zero-order valence-corrected chi connectivity index (χ0v) is 25.6. The molecule has 45 heavy (non-hydrogen) atoms. The van der Waals surface area contributed by atoms with Gasteiger partial charge in [0.05, 0.1) is 21.0 Å². The predicted octanol–water partition coefficient (Wildman–Crippen LogP) is 5.97. The van der Waals surface area contributed by atoms with Crippen molar-refractivity contribution in [3.8, 4) is 11.3 Å². The molecule has 4 heterocycles. The highest BCUT2D eigenvalue weighted by molar-refractivity contribution is 7.91. The van der Waals surface area contributed by atoms with Gasteiger partial charge >= 0.3 is 6.18 Å². The Morgan fingerprint density at radius 2 is 1.80 bits per heavy atom. The first-order chi connectivity index (χ1) is 21.5. The Kier molecular flexibility index (Phi) is 6.77. The Hall–Kier alpha value is -3.49. The summed E-state index contributed by atoms with van der Waals surface area (Å²) in [6.07, 6.45) is 1.29. The number of hydrogen-bond acceptors (Lipinski definition) is 9. The Morgan fingerprint density at radius 1 is 1.04 bits per heavy atom. The van der Waals surface area contributed by atoms with E-state index in [2.05, 4.69) is 20.1 Å². The summed E-state index contributed by atoms with van der Waals surface area (Å²) in [5, 5.41) is 8.14. The molecule has 0 spiro atoms. The summed E-state index contributed by atoms with van der Waals surface area (Å²) in [6, 6.07) is 11.3. The monoisotopic (exact) mass is 657 g/mol. The number of thiazole rings is 1. The lowest BCUT2D eigenvalue weighted by atomic mass is 9.77. The fraction of sp³-hybridized carbons (Fsp3) is 0.452. The van der Waals surface area contributed by atoms with Gasteiger partial charge in [0.15, 0.2) is 5.13 Å². The lowest BCUT2D eigenvalue weighted by molar-refractivity contribution is -0.137. The van der Waals surface area contributed by atoms with E-state index in [1.165, 1.54) is 23.5 Å². The molecule has 5 aliphatic rings. The molecule has 2 unspecified atom stereocenters. The number of halogens is 3. The maximum Gasteiger partial charge on any atom is 0.417 e. The van der Waals surface area contributed by atoms with Crippen LogP contribution in [0.3, 0.4) is 0 Å². The third-order valence-electron chi connectivity index (χ3n) is 9.32. The summed E-state index contributed by atoms with van der Waals surface area (Å²) < 4.78 is 74.6. The molecular formula is C31H30F3N5O4S2. The van der Waals surface area contributed by atoms with Crippen molar-refractivity contribution in [3.63, 3.8) is 0 Å². The molecule has 5 fully saturated rings. The van der Waals surface area contributed by atoms with E-state index < -0.39 is 32.9 Å². The van der Waals surface area contributed by atoms with E-state index in [0.717, 1.165) is 53.5 Å². The molecule has 9 rings (SSSR count). The highest BCUT2D eigenvalue weighted by Crippen LogP contribution is 2.47. The van der Waals surface area contributed by atoms with Crippen molar-refractivity contribution in [2.75, 3.05) is 4.90 Å². The zero-order chi connectivity index (χ0) is 31.1. The van der Waals surface area contributed by atoms with Crippen LogP contribution in [-0.4, -0.2) is 47.8 Å². The number of fused-ring (bicyclic) bond motifs is 3. The molecule has 9 nitrogen and oxygen atoms in total. The summed E-state index contributed by atoms with van der Waals surface area (Å²) in [6.45, 7) is 0.378. The molecule has 3 saturated carbocycles. The SMILES string of the molecule is O=C(NS(=O)(=O)C1CC1)c1ccc2nc(N3C4CC(NCc5c(-c6ccccc6C(F)(F)F)noc5C5CC5)CC3C4)sc2c1. The van der Waals surface area contributed by atoms with Gasteiger partial charge in [-0.15, -0.1) is 0 Å². The molecule has 1 amide bonds. The normalized spacial score (nSPS) is 23.3. The van der Waals surface area contributed by atoms with E-state index in [1.807, 2.05) is 0 Å². The number of rotatable bonds is 9. The number of nitrogens with one attached hydrogen (secondary N) is 2. The maximum atomic E-state index is 13.8. The van der Waals surface area contributed by atoms with Crippen LogP contribution >= 0.6 is 11.3 Å². The molecule has 3 aliphatic carbocycles. The number of aromatic nitrogens is 2. The van der Waals surface area contributed by atoms with E-state index >= 15 is 0 Å². The van der Waals surface area contributed by atoms with E-state index in [-0.39, 0.29) is 40.9 Å². The van der Waals surface area contributed by atoms with Crippen LogP contribution in [0.15, 0.2) is 47.0 Å². The van der Waals surface area contributed by atoms with Crippen molar-refractivity contribution in [1.82, 2.24) is 20.2 Å². The second-order valence-electron chi connectivity index (χ2n) is 12.5. The smallest absolute Gasteiger partial charge is 0.360 e. The van der Waals surface area contributed by atoms with Crippen LogP contribution in [-0.2, 0) is 22.7 Å². The molecule has 0 radical (unpaired) electrons. The maximum absolute atomic E-state index is 13.8. The van der Waals surface area contributed by atoms with E-state index in [4.69, 9.17) is 9.51 Å². The Bertz CT molecular complexity index is 1900. The molecule has 4 aromatic rings. The second kappa shape index (κ2) is 10.5. The van der Waals surface area contributed by atoms with Gasteiger partial charge in [-0.25, -0.2) is 18.1 Å². The molecule has 2 aromatic carbocycles. The third-order valence-corrected chi connectivity index (χ3v) is 12.2. The number of benzene rings is 2. The van der Waals surface area contributed by atoms with Crippen molar-refractivity contribution in [1.29, 1.82) is 0 Å². The van der Waals surface area contributed by atoms with Gasteiger partial charge in [0.2, 0.25) is 10.0 Å². The highest BCUT2D eigenvalue weighted by Gasteiger charge is 2.47. The molecule has 2 aromatic heterocycles. The lowest BCUT2D eigenvalue weighted by Crippen LogP contribution is -2.64. The molecule has 236 valence electrons. The number of alkyl halides is 3. The van der Waals surface area contributed by atoms with Gasteiger partial charge < -0.3 is 14.7 Å². The van der Waals surface area contributed by atoms with Crippen LogP contribution in [0.5, 0.6) is 0 Å². The number of nitrogens with zero attached hydrogens (tertiary/aromatic N) is 3. The Labute approximate surface area is 261 Å². The number of anilines is 1. The van der Waals surface area contributed by atoms with Crippen LogP contribution in [0.4, 0.5) is 18.3 Å². The Balaban J connectivity index is 0.959. The average Bonchev–Trinajstić information content (AvgIpc) is 3.94. The van der Waals surface area contributed by atoms with Gasteiger partial charge in [0.1, 0.15) is 11.5 Å². The summed E-state index contributed by atoms with van der Waals surface area (Å²) in [7, 11) is -3.63. The predicted molar refractivity (Wildman–Crippen MR) is 162 cm³/mol. The fourth-order valence-corrected chi connectivity index (χ4v) is 9.17. The van der Waals surface area contributed by atoms with Crippen molar-refractivity contribution in [3.05, 3.63) is 64.9 Å². The largest absolute Gasteiger partial charge is 0.417 e.